The maximum absolute atomic E-state index is 10.8. The van der Waals surface area contributed by atoms with Crippen LogP contribution in [0, 0.1) is 5.92 Å². The fourth-order valence-electron chi connectivity index (χ4n) is 2.66. The highest BCUT2D eigenvalue weighted by atomic mass is 32.2. The highest BCUT2D eigenvalue weighted by Gasteiger charge is 2.31. The normalized spacial score (nSPS) is 17.8. The van der Waals surface area contributed by atoms with Crippen LogP contribution in [0.1, 0.15) is 58.7 Å². The first kappa shape index (κ1) is 15.4. The van der Waals surface area contributed by atoms with E-state index in [2.05, 4.69) is 37.2 Å². The van der Waals surface area contributed by atoms with E-state index < -0.39 is 5.97 Å². The van der Waals surface area contributed by atoms with Crippen molar-refractivity contribution < 1.29 is 9.90 Å². The van der Waals surface area contributed by atoms with Gasteiger partial charge in [-0.25, -0.2) is 4.98 Å². The summed E-state index contributed by atoms with van der Waals surface area (Å²) in [6.45, 7) is 8.78. The number of carboxylic acid groups (broad SMARTS) is 1. The molecule has 112 valence electrons. The zero-order valence-corrected chi connectivity index (χ0v) is 13.5. The third-order valence-corrected chi connectivity index (χ3v) is 5.05. The summed E-state index contributed by atoms with van der Waals surface area (Å²) in [5.74, 6) is -0.0227. The van der Waals surface area contributed by atoms with Gasteiger partial charge in [0.05, 0.1) is 5.75 Å². The van der Waals surface area contributed by atoms with Crippen LogP contribution < -0.4 is 0 Å². The van der Waals surface area contributed by atoms with E-state index in [0.717, 1.165) is 5.16 Å². The molecule has 0 aliphatic heterocycles. The van der Waals surface area contributed by atoms with Gasteiger partial charge in [-0.3, -0.25) is 4.79 Å². The van der Waals surface area contributed by atoms with Crippen molar-refractivity contribution >= 4 is 17.7 Å². The van der Waals surface area contributed by atoms with Gasteiger partial charge in [-0.05, 0) is 25.7 Å². The van der Waals surface area contributed by atoms with Crippen molar-refractivity contribution in [1.82, 2.24) is 9.55 Å². The van der Waals surface area contributed by atoms with E-state index in [1.807, 2.05) is 6.20 Å². The third-order valence-electron chi connectivity index (χ3n) is 4.10. The van der Waals surface area contributed by atoms with Crippen LogP contribution in [0.5, 0.6) is 0 Å². The van der Waals surface area contributed by atoms with Gasteiger partial charge in [-0.2, -0.15) is 0 Å². The summed E-state index contributed by atoms with van der Waals surface area (Å²) in [6, 6.07) is 0.400. The van der Waals surface area contributed by atoms with Gasteiger partial charge in [0, 0.05) is 23.3 Å². The van der Waals surface area contributed by atoms with Crippen molar-refractivity contribution in [3.8, 4) is 0 Å². The average Bonchev–Trinajstić information content (AvgIpc) is 2.66. The summed E-state index contributed by atoms with van der Waals surface area (Å²) in [5.41, 5.74) is 1.22. The first-order chi connectivity index (χ1) is 9.30. The standard InChI is InChI=1S/C15H24N2O2S/c1-10(11-6-5-7-11)17-12(15(2,3)4)8-16-14(17)20-9-13(18)19/h8,10-11H,5-7,9H2,1-4H3,(H,18,19). The second-order valence-electron chi connectivity index (χ2n) is 6.66. The molecule has 5 heteroatoms. The quantitative estimate of drug-likeness (QED) is 0.841. The maximum Gasteiger partial charge on any atom is 0.313 e. The van der Waals surface area contributed by atoms with Gasteiger partial charge in [0.2, 0.25) is 0 Å². The molecule has 20 heavy (non-hydrogen) atoms. The molecule has 1 saturated carbocycles. The van der Waals surface area contributed by atoms with E-state index in [1.54, 1.807) is 0 Å². The molecule has 0 amide bonds. The molecule has 2 rings (SSSR count). The van der Waals surface area contributed by atoms with Crippen molar-refractivity contribution in [2.75, 3.05) is 5.75 Å². The minimum absolute atomic E-state index is 0.0209. The van der Waals surface area contributed by atoms with Crippen molar-refractivity contribution in [3.63, 3.8) is 0 Å². The molecule has 0 spiro atoms. The van der Waals surface area contributed by atoms with E-state index >= 15 is 0 Å². The molecule has 1 fully saturated rings. The highest BCUT2D eigenvalue weighted by molar-refractivity contribution is 7.99. The summed E-state index contributed by atoms with van der Waals surface area (Å²) >= 11 is 1.32. The molecule has 1 N–H and O–H groups in total. The second-order valence-corrected chi connectivity index (χ2v) is 7.60. The van der Waals surface area contributed by atoms with Crippen molar-refractivity contribution in [1.29, 1.82) is 0 Å². The Morgan fingerprint density at radius 2 is 2.20 bits per heavy atom. The number of aliphatic carboxylic acids is 1. The van der Waals surface area contributed by atoms with Crippen molar-refractivity contribution in [3.05, 3.63) is 11.9 Å². The van der Waals surface area contributed by atoms with Gasteiger partial charge in [0.15, 0.2) is 5.16 Å². The molecule has 1 heterocycles. The average molecular weight is 296 g/mol. The Kier molecular flexibility index (Phi) is 4.47. The zero-order chi connectivity index (χ0) is 14.9. The van der Waals surface area contributed by atoms with Gasteiger partial charge in [-0.1, -0.05) is 39.0 Å². The Morgan fingerprint density at radius 3 is 2.65 bits per heavy atom. The van der Waals surface area contributed by atoms with Gasteiger partial charge in [0.25, 0.3) is 0 Å². The van der Waals surface area contributed by atoms with Crippen LogP contribution in [-0.2, 0) is 10.2 Å². The number of nitrogens with zero attached hydrogens (tertiary/aromatic N) is 2. The van der Waals surface area contributed by atoms with Crippen LogP contribution in [0.25, 0.3) is 0 Å². The third kappa shape index (κ3) is 3.19. The Labute approximate surface area is 125 Å². The summed E-state index contributed by atoms with van der Waals surface area (Å²) in [7, 11) is 0. The Balaban J connectivity index is 2.31. The van der Waals surface area contributed by atoms with Gasteiger partial charge in [-0.15, -0.1) is 0 Å². The van der Waals surface area contributed by atoms with E-state index in [-0.39, 0.29) is 11.2 Å². The molecule has 0 bridgehead atoms. The lowest BCUT2D eigenvalue weighted by molar-refractivity contribution is -0.133. The first-order valence-corrected chi connectivity index (χ1v) is 8.21. The molecule has 4 nitrogen and oxygen atoms in total. The number of hydrogen-bond acceptors (Lipinski definition) is 3. The SMILES string of the molecule is CC(C1CCC1)n1c(C(C)(C)C)cnc1SCC(=O)O. The van der Waals surface area contributed by atoms with Crippen LogP contribution in [0.15, 0.2) is 11.4 Å². The molecule has 1 aliphatic carbocycles. The molecule has 0 saturated heterocycles. The van der Waals surface area contributed by atoms with Crippen LogP contribution in [0.2, 0.25) is 0 Å². The number of aromatic nitrogens is 2. The molecule has 1 aromatic rings. The van der Waals surface area contributed by atoms with E-state index in [1.165, 1.54) is 36.7 Å². The number of thioether (sulfide) groups is 1. The van der Waals surface area contributed by atoms with Crippen molar-refractivity contribution in [2.24, 2.45) is 5.92 Å². The minimum atomic E-state index is -0.793. The Morgan fingerprint density at radius 1 is 1.55 bits per heavy atom. The topological polar surface area (TPSA) is 55.1 Å². The van der Waals surface area contributed by atoms with E-state index in [9.17, 15) is 4.79 Å². The molecule has 1 unspecified atom stereocenters. The van der Waals surface area contributed by atoms with Crippen molar-refractivity contribution in [2.45, 2.75) is 63.6 Å². The number of hydrogen-bond donors (Lipinski definition) is 1. The summed E-state index contributed by atoms with van der Waals surface area (Å²) in [6.07, 6.45) is 5.77. The molecule has 0 radical (unpaired) electrons. The lowest BCUT2D eigenvalue weighted by atomic mass is 9.80. The fourth-order valence-corrected chi connectivity index (χ4v) is 3.44. The predicted octanol–water partition coefficient (Wildman–Crippen LogP) is 3.72. The fraction of sp³-hybridized carbons (Fsp3) is 0.733. The smallest absolute Gasteiger partial charge is 0.313 e. The van der Waals surface area contributed by atoms with Crippen LogP contribution >= 0.6 is 11.8 Å². The van der Waals surface area contributed by atoms with Crippen LogP contribution in [-0.4, -0.2) is 26.4 Å². The Bertz CT molecular complexity index is 487. The molecule has 1 aliphatic rings. The van der Waals surface area contributed by atoms with Gasteiger partial charge in [0.1, 0.15) is 0 Å². The summed E-state index contributed by atoms with van der Waals surface area (Å²) in [5, 5.41) is 9.72. The molecule has 1 aromatic heterocycles. The number of imidazole rings is 1. The maximum atomic E-state index is 10.8. The van der Waals surface area contributed by atoms with Gasteiger partial charge < -0.3 is 9.67 Å². The van der Waals surface area contributed by atoms with E-state index in [4.69, 9.17) is 5.11 Å². The Hall–Kier alpha value is -0.970. The molecule has 1 atom stereocenters. The predicted molar refractivity (Wildman–Crippen MR) is 81.3 cm³/mol. The second kappa shape index (κ2) is 5.80. The lowest BCUT2D eigenvalue weighted by Gasteiger charge is -2.35. The lowest BCUT2D eigenvalue weighted by Crippen LogP contribution is -2.28. The van der Waals surface area contributed by atoms with Crippen LogP contribution in [0.4, 0.5) is 0 Å². The van der Waals surface area contributed by atoms with E-state index in [0.29, 0.717) is 12.0 Å². The number of carbonyl (C=O) groups is 1. The number of carboxylic acids is 1. The molecule has 0 aromatic carbocycles. The van der Waals surface area contributed by atoms with Gasteiger partial charge >= 0.3 is 5.97 Å². The highest BCUT2D eigenvalue weighted by Crippen LogP contribution is 2.40. The molecular weight excluding hydrogens is 272 g/mol. The summed E-state index contributed by atoms with van der Waals surface area (Å²) < 4.78 is 2.28. The summed E-state index contributed by atoms with van der Waals surface area (Å²) in [4.78, 5) is 15.3. The monoisotopic (exact) mass is 296 g/mol. The first-order valence-electron chi connectivity index (χ1n) is 7.23. The largest absolute Gasteiger partial charge is 0.481 e. The molecular formula is C15H24N2O2S. The minimum Gasteiger partial charge on any atom is -0.481 e. The number of rotatable bonds is 5. The van der Waals surface area contributed by atoms with Crippen LogP contribution in [0.3, 0.4) is 0 Å². The zero-order valence-electron chi connectivity index (χ0n) is 12.7.